The molecule has 0 fully saturated rings. The summed E-state index contributed by atoms with van der Waals surface area (Å²) in [6.45, 7) is 0. The van der Waals surface area contributed by atoms with Gasteiger partial charge in [0, 0.05) is 15.5 Å². The molecule has 1 N–H and O–H groups in total. The molecule has 1 atom stereocenters. The Balaban J connectivity index is 2.36. The lowest BCUT2D eigenvalue weighted by atomic mass is 10.1. The van der Waals surface area contributed by atoms with Gasteiger partial charge in [0.25, 0.3) is 0 Å². The van der Waals surface area contributed by atoms with Gasteiger partial charge in [0.15, 0.2) is 0 Å². The number of halogens is 2. The minimum Gasteiger partial charge on any atom is -0.383 e. The number of benzene rings is 1. The minimum atomic E-state index is -0.644. The number of aliphatic hydroxyl groups excluding tert-OH is 1. The molecule has 0 aliphatic heterocycles. The molecular formula is C11H8BrClOS. The van der Waals surface area contributed by atoms with E-state index in [-0.39, 0.29) is 0 Å². The lowest BCUT2D eigenvalue weighted by molar-refractivity contribution is 0.224. The molecule has 0 spiro atoms. The summed E-state index contributed by atoms with van der Waals surface area (Å²) in [5, 5.41) is 10.7. The van der Waals surface area contributed by atoms with Crippen LogP contribution in [-0.4, -0.2) is 5.11 Å². The van der Waals surface area contributed by atoms with E-state index in [1.807, 2.05) is 30.3 Å². The first kappa shape index (κ1) is 11.1. The summed E-state index contributed by atoms with van der Waals surface area (Å²) in [4.78, 5) is 0.884. The molecule has 0 aliphatic rings. The van der Waals surface area contributed by atoms with E-state index < -0.39 is 6.10 Å². The molecule has 0 bridgehead atoms. The molecule has 0 saturated carbocycles. The second-order valence-corrected chi connectivity index (χ2v) is 5.97. The Morgan fingerprint density at radius 2 is 1.93 bits per heavy atom. The highest BCUT2D eigenvalue weighted by Gasteiger charge is 2.14. The number of hydrogen-bond donors (Lipinski definition) is 1. The summed E-state index contributed by atoms with van der Waals surface area (Å²) in [7, 11) is 0. The molecule has 1 aromatic heterocycles. The van der Waals surface area contributed by atoms with Gasteiger partial charge in [-0.05, 0) is 34.1 Å². The van der Waals surface area contributed by atoms with Gasteiger partial charge < -0.3 is 5.11 Å². The van der Waals surface area contributed by atoms with Crippen molar-refractivity contribution in [2.24, 2.45) is 0 Å². The molecule has 0 saturated heterocycles. The summed E-state index contributed by atoms with van der Waals surface area (Å²) in [6.07, 6.45) is -0.644. The van der Waals surface area contributed by atoms with E-state index in [9.17, 15) is 5.11 Å². The second-order valence-electron chi connectivity index (χ2n) is 3.07. The molecule has 2 rings (SSSR count). The van der Waals surface area contributed by atoms with Crippen LogP contribution in [0.5, 0.6) is 0 Å². The fourth-order valence-corrected chi connectivity index (χ4v) is 2.99. The Morgan fingerprint density at radius 1 is 1.20 bits per heavy atom. The van der Waals surface area contributed by atoms with Gasteiger partial charge in [-0.1, -0.05) is 29.8 Å². The van der Waals surface area contributed by atoms with Gasteiger partial charge in [-0.2, -0.15) is 0 Å². The SMILES string of the molecule is OC(c1ccc(Br)s1)c1ccccc1Cl. The molecule has 2 aromatic rings. The van der Waals surface area contributed by atoms with Crippen LogP contribution in [0.25, 0.3) is 0 Å². The predicted molar refractivity (Wildman–Crippen MR) is 67.5 cm³/mol. The zero-order valence-corrected chi connectivity index (χ0v) is 10.8. The molecular weight excluding hydrogens is 296 g/mol. The van der Waals surface area contributed by atoms with Crippen molar-refractivity contribution in [3.05, 3.63) is 55.6 Å². The number of rotatable bonds is 2. The number of hydrogen-bond acceptors (Lipinski definition) is 2. The highest BCUT2D eigenvalue weighted by Crippen LogP contribution is 2.33. The molecule has 1 nitrogen and oxygen atoms in total. The summed E-state index contributed by atoms with van der Waals surface area (Å²) in [5.41, 5.74) is 0.744. The van der Waals surface area contributed by atoms with Crippen LogP contribution < -0.4 is 0 Å². The number of thiophene rings is 1. The van der Waals surface area contributed by atoms with Crippen LogP contribution in [0.3, 0.4) is 0 Å². The Labute approximate surface area is 105 Å². The molecule has 0 aliphatic carbocycles. The average molecular weight is 304 g/mol. The van der Waals surface area contributed by atoms with Crippen molar-refractivity contribution in [2.75, 3.05) is 0 Å². The number of aliphatic hydroxyl groups is 1. The van der Waals surface area contributed by atoms with Gasteiger partial charge >= 0.3 is 0 Å². The van der Waals surface area contributed by atoms with Crippen LogP contribution in [0.2, 0.25) is 5.02 Å². The van der Waals surface area contributed by atoms with Crippen molar-refractivity contribution in [1.29, 1.82) is 0 Å². The van der Waals surface area contributed by atoms with Crippen molar-refractivity contribution in [1.82, 2.24) is 0 Å². The van der Waals surface area contributed by atoms with Gasteiger partial charge in [0.05, 0.1) is 3.79 Å². The van der Waals surface area contributed by atoms with Crippen LogP contribution in [0.15, 0.2) is 40.2 Å². The molecule has 1 heterocycles. The summed E-state index contributed by atoms with van der Waals surface area (Å²) < 4.78 is 1.00. The Hall–Kier alpha value is -0.350. The molecule has 78 valence electrons. The Morgan fingerprint density at radius 3 is 2.53 bits per heavy atom. The smallest absolute Gasteiger partial charge is 0.115 e. The zero-order chi connectivity index (χ0) is 10.8. The predicted octanol–water partition coefficient (Wildman–Crippen LogP) is 4.25. The first-order chi connectivity index (χ1) is 7.18. The van der Waals surface area contributed by atoms with Gasteiger partial charge in [0.1, 0.15) is 6.10 Å². The average Bonchev–Trinajstić information content (AvgIpc) is 2.65. The van der Waals surface area contributed by atoms with Crippen molar-refractivity contribution < 1.29 is 5.11 Å². The van der Waals surface area contributed by atoms with Crippen LogP contribution >= 0.6 is 38.9 Å². The largest absolute Gasteiger partial charge is 0.383 e. The summed E-state index contributed by atoms with van der Waals surface area (Å²) in [5.74, 6) is 0. The third kappa shape index (κ3) is 2.42. The van der Waals surface area contributed by atoms with E-state index in [0.717, 1.165) is 14.2 Å². The van der Waals surface area contributed by atoms with Crippen LogP contribution in [-0.2, 0) is 0 Å². The van der Waals surface area contributed by atoms with E-state index in [0.29, 0.717) is 5.02 Å². The maximum Gasteiger partial charge on any atom is 0.115 e. The van der Waals surface area contributed by atoms with Gasteiger partial charge in [-0.25, -0.2) is 0 Å². The van der Waals surface area contributed by atoms with E-state index in [1.54, 1.807) is 6.07 Å². The third-order valence-electron chi connectivity index (χ3n) is 2.06. The van der Waals surface area contributed by atoms with E-state index >= 15 is 0 Å². The lowest BCUT2D eigenvalue weighted by Gasteiger charge is -2.10. The standard InChI is InChI=1S/C11H8BrClOS/c12-10-6-5-9(15-10)11(14)7-3-1-2-4-8(7)13/h1-6,11,14H. The summed E-state index contributed by atoms with van der Waals surface area (Å²) >= 11 is 10.9. The van der Waals surface area contributed by atoms with Crippen LogP contribution in [0.1, 0.15) is 16.5 Å². The van der Waals surface area contributed by atoms with Crippen LogP contribution in [0.4, 0.5) is 0 Å². The topological polar surface area (TPSA) is 20.2 Å². The van der Waals surface area contributed by atoms with Crippen molar-refractivity contribution in [3.63, 3.8) is 0 Å². The zero-order valence-electron chi connectivity index (χ0n) is 7.65. The maximum atomic E-state index is 10.1. The third-order valence-corrected chi connectivity index (χ3v) is 4.08. The van der Waals surface area contributed by atoms with E-state index in [4.69, 9.17) is 11.6 Å². The quantitative estimate of drug-likeness (QED) is 0.879. The molecule has 0 radical (unpaired) electrons. The van der Waals surface area contributed by atoms with Crippen molar-refractivity contribution in [3.8, 4) is 0 Å². The second kappa shape index (κ2) is 4.66. The van der Waals surface area contributed by atoms with Crippen LogP contribution in [0, 0.1) is 0 Å². The van der Waals surface area contributed by atoms with E-state index in [2.05, 4.69) is 15.9 Å². The first-order valence-electron chi connectivity index (χ1n) is 4.36. The maximum absolute atomic E-state index is 10.1. The molecule has 1 unspecified atom stereocenters. The molecule has 15 heavy (non-hydrogen) atoms. The van der Waals surface area contributed by atoms with Gasteiger partial charge in [0.2, 0.25) is 0 Å². The molecule has 0 amide bonds. The normalized spacial score (nSPS) is 12.7. The monoisotopic (exact) mass is 302 g/mol. The van der Waals surface area contributed by atoms with Crippen molar-refractivity contribution in [2.45, 2.75) is 6.10 Å². The Kier molecular flexibility index (Phi) is 3.46. The van der Waals surface area contributed by atoms with Gasteiger partial charge in [-0.15, -0.1) is 11.3 Å². The summed E-state index contributed by atoms with van der Waals surface area (Å²) in [6, 6.07) is 11.1. The molecule has 4 heteroatoms. The van der Waals surface area contributed by atoms with E-state index in [1.165, 1.54) is 11.3 Å². The van der Waals surface area contributed by atoms with Gasteiger partial charge in [-0.3, -0.25) is 0 Å². The Bertz CT molecular complexity index is 469. The molecule has 1 aromatic carbocycles. The fraction of sp³-hybridized carbons (Fsp3) is 0.0909. The van der Waals surface area contributed by atoms with Crippen molar-refractivity contribution >= 4 is 38.9 Å². The lowest BCUT2D eigenvalue weighted by Crippen LogP contribution is -1.97. The highest BCUT2D eigenvalue weighted by atomic mass is 79.9. The highest BCUT2D eigenvalue weighted by molar-refractivity contribution is 9.11. The fourth-order valence-electron chi connectivity index (χ4n) is 1.33. The minimum absolute atomic E-state index is 0.592. The first-order valence-corrected chi connectivity index (χ1v) is 6.35.